The van der Waals surface area contributed by atoms with Gasteiger partial charge < -0.3 is 9.52 Å². The van der Waals surface area contributed by atoms with Gasteiger partial charge in [0.2, 0.25) is 0 Å². The Balaban J connectivity index is 2.02. The van der Waals surface area contributed by atoms with Gasteiger partial charge in [0.05, 0.1) is 18.1 Å². The molecule has 0 aliphatic heterocycles. The fourth-order valence-electron chi connectivity index (χ4n) is 1.98. The molecule has 0 unspecified atom stereocenters. The molecule has 0 saturated heterocycles. The molecule has 1 fully saturated rings. The van der Waals surface area contributed by atoms with E-state index >= 15 is 0 Å². The lowest BCUT2D eigenvalue weighted by molar-refractivity contribution is 0.0480. The quantitative estimate of drug-likeness (QED) is 0.730. The van der Waals surface area contributed by atoms with Crippen LogP contribution in [0.4, 0.5) is 0 Å². The molecule has 1 aliphatic rings. The molecule has 0 bridgehead atoms. The van der Waals surface area contributed by atoms with Gasteiger partial charge in [-0.1, -0.05) is 12.8 Å². The van der Waals surface area contributed by atoms with Gasteiger partial charge in [0.25, 0.3) is 0 Å². The van der Waals surface area contributed by atoms with E-state index in [-0.39, 0.29) is 0 Å². The minimum absolute atomic E-state index is 0.441. The van der Waals surface area contributed by atoms with Crippen molar-refractivity contribution in [3.05, 3.63) is 24.2 Å². The average Bonchev–Trinajstić information content (AvgIpc) is 2.62. The summed E-state index contributed by atoms with van der Waals surface area (Å²) in [6, 6.07) is 1.93. The third-order valence-corrected chi connectivity index (χ3v) is 2.65. The van der Waals surface area contributed by atoms with Gasteiger partial charge in [-0.25, -0.2) is 0 Å². The third kappa shape index (κ3) is 1.53. The van der Waals surface area contributed by atoms with E-state index in [1.807, 2.05) is 6.07 Å². The van der Waals surface area contributed by atoms with Crippen molar-refractivity contribution in [2.24, 2.45) is 0 Å². The van der Waals surface area contributed by atoms with Crippen molar-refractivity contribution in [1.82, 2.24) is 0 Å². The minimum Gasteiger partial charge on any atom is -0.472 e. The van der Waals surface area contributed by atoms with Crippen molar-refractivity contribution in [2.75, 3.05) is 0 Å². The summed E-state index contributed by atoms with van der Waals surface area (Å²) in [5, 5.41) is 10.0. The zero-order valence-corrected chi connectivity index (χ0v) is 7.12. The molecule has 1 saturated carbocycles. The van der Waals surface area contributed by atoms with Crippen LogP contribution in [-0.4, -0.2) is 10.7 Å². The molecule has 1 heterocycles. The summed E-state index contributed by atoms with van der Waals surface area (Å²) in [4.78, 5) is 0. The molecule has 0 radical (unpaired) electrons. The summed E-state index contributed by atoms with van der Waals surface area (Å²) >= 11 is 0. The summed E-state index contributed by atoms with van der Waals surface area (Å²) in [7, 11) is 0. The number of aliphatic hydroxyl groups is 1. The fraction of sp³-hybridized carbons (Fsp3) is 0.600. The second kappa shape index (κ2) is 2.94. The molecule has 12 heavy (non-hydrogen) atoms. The Morgan fingerprint density at radius 3 is 2.75 bits per heavy atom. The van der Waals surface area contributed by atoms with Crippen molar-refractivity contribution >= 4 is 0 Å². The predicted molar refractivity (Wildman–Crippen MR) is 45.8 cm³/mol. The number of furan rings is 1. The molecule has 0 aromatic carbocycles. The fourth-order valence-corrected chi connectivity index (χ4v) is 1.98. The largest absolute Gasteiger partial charge is 0.472 e. The molecule has 2 rings (SSSR count). The average molecular weight is 166 g/mol. The molecule has 1 aromatic heterocycles. The highest BCUT2D eigenvalue weighted by atomic mass is 16.3. The summed E-state index contributed by atoms with van der Waals surface area (Å²) in [6.07, 6.45) is 8.34. The van der Waals surface area contributed by atoms with Crippen molar-refractivity contribution in [2.45, 2.75) is 37.7 Å². The Morgan fingerprint density at radius 2 is 2.17 bits per heavy atom. The Kier molecular flexibility index (Phi) is 1.93. The van der Waals surface area contributed by atoms with E-state index in [9.17, 15) is 5.11 Å². The zero-order chi connectivity index (χ0) is 8.44. The normalized spacial score (nSPS) is 21.4. The van der Waals surface area contributed by atoms with Gasteiger partial charge in [-0.3, -0.25) is 0 Å². The van der Waals surface area contributed by atoms with Gasteiger partial charge in [0.15, 0.2) is 0 Å². The maximum atomic E-state index is 10.0. The van der Waals surface area contributed by atoms with Crippen LogP contribution in [0.25, 0.3) is 0 Å². The Morgan fingerprint density at radius 1 is 1.42 bits per heavy atom. The maximum absolute atomic E-state index is 10.0. The summed E-state index contributed by atoms with van der Waals surface area (Å²) in [5.74, 6) is 0. The van der Waals surface area contributed by atoms with Gasteiger partial charge in [-0.15, -0.1) is 0 Å². The highest BCUT2D eigenvalue weighted by molar-refractivity contribution is 5.10. The lowest BCUT2D eigenvalue weighted by atomic mass is 9.95. The SMILES string of the molecule is OC1(Cc2ccoc2)CCCC1. The lowest BCUT2D eigenvalue weighted by Gasteiger charge is -2.20. The van der Waals surface area contributed by atoms with Gasteiger partial charge in [-0.2, -0.15) is 0 Å². The second-order valence-electron chi connectivity index (χ2n) is 3.74. The van der Waals surface area contributed by atoms with E-state index in [2.05, 4.69) is 0 Å². The van der Waals surface area contributed by atoms with Crippen molar-refractivity contribution in [3.8, 4) is 0 Å². The van der Waals surface area contributed by atoms with E-state index in [1.165, 1.54) is 0 Å². The minimum atomic E-state index is -0.441. The molecule has 2 nitrogen and oxygen atoms in total. The summed E-state index contributed by atoms with van der Waals surface area (Å²) < 4.78 is 4.96. The summed E-state index contributed by atoms with van der Waals surface area (Å²) in [6.45, 7) is 0. The van der Waals surface area contributed by atoms with Crippen molar-refractivity contribution in [3.63, 3.8) is 0 Å². The molecule has 2 heteroatoms. The molecule has 0 atom stereocenters. The van der Waals surface area contributed by atoms with Crippen LogP contribution < -0.4 is 0 Å². The van der Waals surface area contributed by atoms with Crippen LogP contribution in [0.2, 0.25) is 0 Å². The van der Waals surface area contributed by atoms with E-state index in [4.69, 9.17) is 4.42 Å². The first-order valence-corrected chi connectivity index (χ1v) is 4.52. The number of rotatable bonds is 2. The first-order valence-electron chi connectivity index (χ1n) is 4.52. The standard InChI is InChI=1S/C10H14O2/c11-10(4-1-2-5-10)7-9-3-6-12-8-9/h3,6,8,11H,1-2,4-5,7H2. The Labute approximate surface area is 72.2 Å². The van der Waals surface area contributed by atoms with Gasteiger partial charge >= 0.3 is 0 Å². The predicted octanol–water partition coefficient (Wildman–Crippen LogP) is 2.13. The second-order valence-corrected chi connectivity index (χ2v) is 3.74. The highest BCUT2D eigenvalue weighted by Gasteiger charge is 2.31. The van der Waals surface area contributed by atoms with Gasteiger partial charge in [0, 0.05) is 6.42 Å². The van der Waals surface area contributed by atoms with E-state index in [0.29, 0.717) is 0 Å². The maximum Gasteiger partial charge on any atom is 0.0935 e. The van der Waals surface area contributed by atoms with E-state index < -0.39 is 5.60 Å². The first kappa shape index (κ1) is 7.87. The van der Waals surface area contributed by atoms with Crippen molar-refractivity contribution < 1.29 is 9.52 Å². The molecular weight excluding hydrogens is 152 g/mol. The number of hydrogen-bond acceptors (Lipinski definition) is 2. The van der Waals surface area contributed by atoms with Crippen LogP contribution in [0.5, 0.6) is 0 Å². The van der Waals surface area contributed by atoms with Crippen LogP contribution in [-0.2, 0) is 6.42 Å². The first-order chi connectivity index (χ1) is 5.79. The van der Waals surface area contributed by atoms with E-state index in [0.717, 1.165) is 37.7 Å². The van der Waals surface area contributed by atoms with Crippen LogP contribution >= 0.6 is 0 Å². The molecule has 1 N–H and O–H groups in total. The van der Waals surface area contributed by atoms with Gasteiger partial charge in [-0.05, 0) is 24.5 Å². The third-order valence-electron chi connectivity index (χ3n) is 2.65. The molecule has 66 valence electrons. The van der Waals surface area contributed by atoms with Crippen molar-refractivity contribution in [1.29, 1.82) is 0 Å². The highest BCUT2D eigenvalue weighted by Crippen LogP contribution is 2.32. The van der Waals surface area contributed by atoms with Crippen LogP contribution in [0.15, 0.2) is 23.0 Å². The van der Waals surface area contributed by atoms with E-state index in [1.54, 1.807) is 12.5 Å². The molecule has 1 aliphatic carbocycles. The smallest absolute Gasteiger partial charge is 0.0935 e. The topological polar surface area (TPSA) is 33.4 Å². The van der Waals surface area contributed by atoms with Crippen LogP contribution in [0.1, 0.15) is 31.2 Å². The van der Waals surface area contributed by atoms with Gasteiger partial charge in [0.1, 0.15) is 0 Å². The Bertz CT molecular complexity index is 232. The zero-order valence-electron chi connectivity index (χ0n) is 7.12. The molecule has 0 amide bonds. The Hall–Kier alpha value is -0.760. The molecule has 1 aromatic rings. The molecule has 0 spiro atoms. The lowest BCUT2D eigenvalue weighted by Crippen LogP contribution is -2.26. The van der Waals surface area contributed by atoms with Crippen LogP contribution in [0, 0.1) is 0 Å². The number of hydrogen-bond donors (Lipinski definition) is 1. The summed E-state index contributed by atoms with van der Waals surface area (Å²) in [5.41, 5.74) is 0.670. The van der Waals surface area contributed by atoms with Crippen LogP contribution in [0.3, 0.4) is 0 Å². The monoisotopic (exact) mass is 166 g/mol. The molecular formula is C10H14O2.